The number of carbonyl (C=O) groups is 1. The number of aliphatic hydroxyl groups excluding tert-OH is 1. The summed E-state index contributed by atoms with van der Waals surface area (Å²) in [4.78, 5) is 9.96. The molecule has 0 fully saturated rings. The molecule has 0 aromatic rings. The van der Waals surface area contributed by atoms with Crippen molar-refractivity contribution in [1.29, 1.82) is 0 Å². The summed E-state index contributed by atoms with van der Waals surface area (Å²) in [6.07, 6.45) is 0.242. The van der Waals surface area contributed by atoms with Gasteiger partial charge in [0.05, 0.1) is 12.5 Å². The molecule has 1 atom stereocenters. The predicted octanol–water partition coefficient (Wildman–Crippen LogP) is -0.0963. The molecule has 0 spiro atoms. The van der Waals surface area contributed by atoms with Crippen molar-refractivity contribution >= 4 is 5.97 Å². The van der Waals surface area contributed by atoms with Gasteiger partial charge in [0, 0.05) is 0 Å². The molecule has 2 N–H and O–H groups in total. The number of hydrogen-bond acceptors (Lipinski definition) is 2. The first-order chi connectivity index (χ1) is 3.72. The molecule has 47 valence electrons. The maximum absolute atomic E-state index is 9.96. The molecule has 0 aliphatic heterocycles. The molecule has 0 amide bonds. The first kappa shape index (κ1) is 7.43. The van der Waals surface area contributed by atoms with Crippen molar-refractivity contribution in [3.8, 4) is 0 Å². The van der Waals surface area contributed by atoms with Crippen LogP contribution in [-0.4, -0.2) is 22.8 Å². The lowest BCUT2D eigenvalue weighted by Gasteiger charge is -2.01. The van der Waals surface area contributed by atoms with Gasteiger partial charge in [-0.3, -0.25) is 4.79 Å². The molecule has 3 nitrogen and oxygen atoms in total. The SMILES string of the molecule is [CH2]CC(CO)C(=O)O. The van der Waals surface area contributed by atoms with Crippen LogP contribution in [0, 0.1) is 12.8 Å². The van der Waals surface area contributed by atoms with E-state index < -0.39 is 11.9 Å². The van der Waals surface area contributed by atoms with E-state index in [1.54, 1.807) is 0 Å². The molecule has 1 unspecified atom stereocenters. The highest BCUT2D eigenvalue weighted by molar-refractivity contribution is 5.70. The minimum absolute atomic E-state index is 0.242. The van der Waals surface area contributed by atoms with Gasteiger partial charge >= 0.3 is 5.97 Å². The Bertz CT molecular complexity index is 75.7. The maximum Gasteiger partial charge on any atom is 0.308 e. The summed E-state index contributed by atoms with van der Waals surface area (Å²) in [7, 11) is 0. The number of aliphatic carboxylic acids is 1. The molecular formula is C5H9O3. The first-order valence-electron chi connectivity index (χ1n) is 2.35. The minimum Gasteiger partial charge on any atom is -0.481 e. The van der Waals surface area contributed by atoms with Gasteiger partial charge in [0.25, 0.3) is 0 Å². The molecule has 0 rings (SSSR count). The van der Waals surface area contributed by atoms with Gasteiger partial charge < -0.3 is 10.2 Å². The molecule has 0 aromatic carbocycles. The standard InChI is InChI=1S/C5H9O3/c1-2-4(3-6)5(7)8/h4,6H,1-3H2,(H,7,8). The summed E-state index contributed by atoms with van der Waals surface area (Å²) in [5, 5.41) is 16.4. The average molecular weight is 117 g/mol. The van der Waals surface area contributed by atoms with Gasteiger partial charge in [0.15, 0.2) is 0 Å². The van der Waals surface area contributed by atoms with Crippen molar-refractivity contribution in [2.75, 3.05) is 6.61 Å². The van der Waals surface area contributed by atoms with E-state index >= 15 is 0 Å². The van der Waals surface area contributed by atoms with Crippen molar-refractivity contribution in [3.63, 3.8) is 0 Å². The fraction of sp³-hybridized carbons (Fsp3) is 0.600. The van der Waals surface area contributed by atoms with Crippen LogP contribution in [0.4, 0.5) is 0 Å². The zero-order chi connectivity index (χ0) is 6.57. The Kier molecular flexibility index (Phi) is 3.19. The van der Waals surface area contributed by atoms with Gasteiger partial charge in [-0.15, -0.1) is 0 Å². The van der Waals surface area contributed by atoms with Gasteiger partial charge in [-0.25, -0.2) is 0 Å². The van der Waals surface area contributed by atoms with Crippen molar-refractivity contribution in [2.24, 2.45) is 5.92 Å². The number of rotatable bonds is 3. The lowest BCUT2D eigenvalue weighted by molar-refractivity contribution is -0.142. The summed E-state index contributed by atoms with van der Waals surface area (Å²) >= 11 is 0. The van der Waals surface area contributed by atoms with Crippen LogP contribution >= 0.6 is 0 Å². The van der Waals surface area contributed by atoms with E-state index in [0.717, 1.165) is 0 Å². The second-order valence-electron chi connectivity index (χ2n) is 1.51. The van der Waals surface area contributed by atoms with Crippen molar-refractivity contribution in [2.45, 2.75) is 6.42 Å². The van der Waals surface area contributed by atoms with Crippen LogP contribution in [0.2, 0.25) is 0 Å². The molecule has 0 saturated heterocycles. The molecule has 0 aliphatic carbocycles. The fourth-order valence-electron chi connectivity index (χ4n) is 0.293. The van der Waals surface area contributed by atoms with Crippen LogP contribution < -0.4 is 0 Å². The zero-order valence-electron chi connectivity index (χ0n) is 4.50. The highest BCUT2D eigenvalue weighted by atomic mass is 16.4. The number of carboxylic acid groups (broad SMARTS) is 1. The number of hydrogen-bond donors (Lipinski definition) is 2. The Balaban J connectivity index is 3.52. The normalized spacial score (nSPS) is 13.2. The summed E-state index contributed by atoms with van der Waals surface area (Å²) < 4.78 is 0. The summed E-state index contributed by atoms with van der Waals surface area (Å²) in [5.41, 5.74) is 0. The van der Waals surface area contributed by atoms with Gasteiger partial charge in [-0.05, 0) is 6.42 Å². The van der Waals surface area contributed by atoms with E-state index in [2.05, 4.69) is 6.92 Å². The molecule has 8 heavy (non-hydrogen) atoms. The average Bonchev–Trinajstić information content (AvgIpc) is 1.69. The molecular weight excluding hydrogens is 108 g/mol. The lowest BCUT2D eigenvalue weighted by Crippen LogP contribution is -2.16. The molecule has 0 saturated carbocycles. The Morgan fingerprint density at radius 3 is 2.25 bits per heavy atom. The van der Waals surface area contributed by atoms with Gasteiger partial charge in [0.1, 0.15) is 0 Å². The van der Waals surface area contributed by atoms with Crippen LogP contribution in [0.25, 0.3) is 0 Å². The molecule has 0 aliphatic rings. The largest absolute Gasteiger partial charge is 0.481 e. The summed E-state index contributed by atoms with van der Waals surface area (Å²) in [6.45, 7) is 3.02. The van der Waals surface area contributed by atoms with Gasteiger partial charge in [0.2, 0.25) is 0 Å². The van der Waals surface area contributed by atoms with Crippen LogP contribution in [0.15, 0.2) is 0 Å². The van der Waals surface area contributed by atoms with Crippen molar-refractivity contribution in [3.05, 3.63) is 6.92 Å². The van der Waals surface area contributed by atoms with Crippen molar-refractivity contribution < 1.29 is 15.0 Å². The fourth-order valence-corrected chi connectivity index (χ4v) is 0.293. The third kappa shape index (κ3) is 1.93. The van der Waals surface area contributed by atoms with E-state index in [1.165, 1.54) is 0 Å². The van der Waals surface area contributed by atoms with E-state index in [0.29, 0.717) is 0 Å². The van der Waals surface area contributed by atoms with E-state index in [9.17, 15) is 4.79 Å². The van der Waals surface area contributed by atoms with Crippen LogP contribution in [0.1, 0.15) is 6.42 Å². The van der Waals surface area contributed by atoms with E-state index in [4.69, 9.17) is 10.2 Å². The molecule has 0 aromatic heterocycles. The van der Waals surface area contributed by atoms with Crippen LogP contribution in [0.5, 0.6) is 0 Å². The van der Waals surface area contributed by atoms with Crippen LogP contribution in [0.3, 0.4) is 0 Å². The third-order valence-electron chi connectivity index (χ3n) is 0.918. The summed E-state index contributed by atoms with van der Waals surface area (Å²) in [6, 6.07) is 0. The second-order valence-corrected chi connectivity index (χ2v) is 1.51. The first-order valence-corrected chi connectivity index (χ1v) is 2.35. The quantitative estimate of drug-likeness (QED) is 0.542. The Labute approximate surface area is 47.9 Å². The van der Waals surface area contributed by atoms with Crippen LogP contribution in [-0.2, 0) is 4.79 Å². The molecule has 3 heteroatoms. The minimum atomic E-state index is -0.984. The van der Waals surface area contributed by atoms with E-state index in [-0.39, 0.29) is 13.0 Å². The molecule has 1 radical (unpaired) electrons. The lowest BCUT2D eigenvalue weighted by atomic mass is 10.1. The van der Waals surface area contributed by atoms with Crippen molar-refractivity contribution in [1.82, 2.24) is 0 Å². The third-order valence-corrected chi connectivity index (χ3v) is 0.918. The Morgan fingerprint density at radius 1 is 1.75 bits per heavy atom. The smallest absolute Gasteiger partial charge is 0.308 e. The zero-order valence-corrected chi connectivity index (χ0v) is 4.50. The highest BCUT2D eigenvalue weighted by Gasteiger charge is 2.11. The topological polar surface area (TPSA) is 57.5 Å². The Hall–Kier alpha value is -0.570. The number of aliphatic hydroxyl groups is 1. The predicted molar refractivity (Wildman–Crippen MR) is 28.2 cm³/mol. The van der Waals surface area contributed by atoms with E-state index in [1.807, 2.05) is 0 Å². The van der Waals surface area contributed by atoms with Gasteiger partial charge in [-0.2, -0.15) is 0 Å². The summed E-state index contributed by atoms with van der Waals surface area (Å²) in [5.74, 6) is -1.67. The highest BCUT2D eigenvalue weighted by Crippen LogP contribution is 1.98. The molecule has 0 heterocycles. The second kappa shape index (κ2) is 3.43. The van der Waals surface area contributed by atoms with Gasteiger partial charge in [-0.1, -0.05) is 6.92 Å². The maximum atomic E-state index is 9.96. The number of carboxylic acids is 1. The Morgan fingerprint density at radius 2 is 2.25 bits per heavy atom. The molecule has 0 bridgehead atoms. The monoisotopic (exact) mass is 117 g/mol.